The number of methoxy groups -OCH3 is 1. The minimum Gasteiger partial charge on any atom is -0.497 e. The van der Waals surface area contributed by atoms with Gasteiger partial charge in [-0.1, -0.05) is 12.1 Å². The number of carboxylic acids is 2. The van der Waals surface area contributed by atoms with Gasteiger partial charge in [0.15, 0.2) is 12.2 Å². The van der Waals surface area contributed by atoms with Crippen LogP contribution < -0.4 is 9.47 Å². The normalized spacial score (nSPS) is 19.8. The van der Waals surface area contributed by atoms with Gasteiger partial charge in [-0.15, -0.1) is 0 Å². The Balaban J connectivity index is 0.000000347. The van der Waals surface area contributed by atoms with Crippen molar-refractivity contribution in [3.8, 4) is 11.5 Å². The molecule has 1 fully saturated rings. The summed E-state index contributed by atoms with van der Waals surface area (Å²) in [5.74, 6) is -1.26. The molecule has 2 aromatic carbocycles. The highest BCUT2D eigenvalue weighted by Crippen LogP contribution is 2.33. The first-order chi connectivity index (χ1) is 16.1. The summed E-state index contributed by atoms with van der Waals surface area (Å²) in [6.07, 6.45) is -3.46. The van der Waals surface area contributed by atoms with Gasteiger partial charge in [0.1, 0.15) is 17.3 Å². The van der Waals surface area contributed by atoms with Gasteiger partial charge in [-0.3, -0.25) is 0 Å². The zero-order chi connectivity index (χ0) is 25.3. The van der Waals surface area contributed by atoms with Crippen LogP contribution in [0.5, 0.6) is 11.5 Å². The molecule has 2 unspecified atom stereocenters. The lowest BCUT2D eigenvalue weighted by molar-refractivity contribution is -0.165. The molecule has 1 aliphatic heterocycles. The third-order valence-electron chi connectivity index (χ3n) is 5.56. The molecule has 0 aromatic heterocycles. The van der Waals surface area contributed by atoms with Crippen molar-refractivity contribution >= 4 is 11.9 Å². The first kappa shape index (κ1) is 27.0. The van der Waals surface area contributed by atoms with E-state index in [9.17, 15) is 14.0 Å². The number of rotatable bonds is 8. The van der Waals surface area contributed by atoms with Crippen LogP contribution in [0.4, 0.5) is 4.39 Å². The van der Waals surface area contributed by atoms with E-state index < -0.39 is 24.1 Å². The molecule has 0 spiro atoms. The Kier molecular flexibility index (Phi) is 10.2. The summed E-state index contributed by atoms with van der Waals surface area (Å²) < 4.78 is 24.4. The maximum atomic E-state index is 13.2. The fraction of sp³-hybridized carbons (Fsp3) is 0.417. The molecular weight excluding hydrogens is 449 g/mol. The molecule has 0 aliphatic carbocycles. The SMILES string of the molecule is COc1ccc(OC[C@@H]2CN(C)CC[C@H]2c2ccc(F)cc2)cc1.O=C(O)C(O)C(O)C(=O)O. The number of nitrogens with zero attached hydrogens (tertiary/aromatic N) is 1. The highest BCUT2D eigenvalue weighted by Gasteiger charge is 2.30. The predicted molar refractivity (Wildman–Crippen MR) is 121 cm³/mol. The van der Waals surface area contributed by atoms with E-state index in [2.05, 4.69) is 11.9 Å². The van der Waals surface area contributed by atoms with Gasteiger partial charge < -0.3 is 34.8 Å². The van der Waals surface area contributed by atoms with Gasteiger partial charge in [-0.2, -0.15) is 0 Å². The largest absolute Gasteiger partial charge is 0.497 e. The van der Waals surface area contributed by atoms with Crippen LogP contribution in [0.2, 0.25) is 0 Å². The van der Waals surface area contributed by atoms with Crippen LogP contribution in [0.25, 0.3) is 0 Å². The first-order valence-electron chi connectivity index (χ1n) is 10.6. The average Bonchev–Trinajstić information content (AvgIpc) is 2.83. The lowest BCUT2D eigenvalue weighted by Gasteiger charge is -2.37. The van der Waals surface area contributed by atoms with Crippen molar-refractivity contribution < 1.29 is 43.9 Å². The van der Waals surface area contributed by atoms with Crippen molar-refractivity contribution in [2.75, 3.05) is 33.9 Å². The molecule has 1 heterocycles. The second-order valence-electron chi connectivity index (χ2n) is 8.02. The molecule has 0 amide bonds. The fourth-order valence-electron chi connectivity index (χ4n) is 3.68. The standard InChI is InChI=1S/C20H24FNO2.C4H6O6/c1-22-12-11-20(15-3-5-17(21)6-4-15)16(13-22)14-24-19-9-7-18(23-2)8-10-19;5-1(3(7)8)2(6)4(9)10/h3-10,16,20H,11-14H2,1-2H3;1-2,5-6H,(H,7,8)(H,9,10)/t16-,20-;/m0./s1. The van der Waals surface area contributed by atoms with Gasteiger partial charge in [0.05, 0.1) is 13.7 Å². The van der Waals surface area contributed by atoms with Gasteiger partial charge in [0.25, 0.3) is 0 Å². The van der Waals surface area contributed by atoms with Crippen LogP contribution in [0.3, 0.4) is 0 Å². The molecule has 34 heavy (non-hydrogen) atoms. The molecule has 1 aliphatic rings. The molecule has 10 heteroatoms. The monoisotopic (exact) mass is 479 g/mol. The van der Waals surface area contributed by atoms with Gasteiger partial charge in [-0.25, -0.2) is 14.0 Å². The maximum absolute atomic E-state index is 13.2. The Morgan fingerprint density at radius 1 is 1.00 bits per heavy atom. The molecule has 4 N–H and O–H groups in total. The van der Waals surface area contributed by atoms with Crippen molar-refractivity contribution in [2.24, 2.45) is 5.92 Å². The van der Waals surface area contributed by atoms with Crippen LogP contribution in [-0.4, -0.2) is 83.3 Å². The topological polar surface area (TPSA) is 137 Å². The van der Waals surface area contributed by atoms with Gasteiger partial charge in [-0.05, 0) is 67.9 Å². The number of likely N-dealkylation sites (tertiary alicyclic amines) is 1. The summed E-state index contributed by atoms with van der Waals surface area (Å²) in [6, 6.07) is 14.6. The van der Waals surface area contributed by atoms with E-state index in [1.807, 2.05) is 36.4 Å². The Morgan fingerprint density at radius 3 is 2.03 bits per heavy atom. The number of ether oxygens (including phenoxy) is 2. The van der Waals surface area contributed by atoms with Crippen LogP contribution in [0.15, 0.2) is 48.5 Å². The molecule has 4 atom stereocenters. The van der Waals surface area contributed by atoms with Crippen molar-refractivity contribution in [3.05, 3.63) is 59.9 Å². The first-order valence-corrected chi connectivity index (χ1v) is 10.6. The number of aliphatic carboxylic acids is 2. The van der Waals surface area contributed by atoms with Crippen LogP contribution >= 0.6 is 0 Å². The van der Waals surface area contributed by atoms with E-state index in [1.54, 1.807) is 19.2 Å². The number of piperidine rings is 1. The zero-order valence-corrected chi connectivity index (χ0v) is 19.0. The number of hydrogen-bond acceptors (Lipinski definition) is 7. The molecule has 9 nitrogen and oxygen atoms in total. The van der Waals surface area contributed by atoms with E-state index >= 15 is 0 Å². The zero-order valence-electron chi connectivity index (χ0n) is 19.0. The van der Waals surface area contributed by atoms with Crippen molar-refractivity contribution in [1.29, 1.82) is 0 Å². The molecule has 0 bridgehead atoms. The van der Waals surface area contributed by atoms with Gasteiger partial charge in [0.2, 0.25) is 0 Å². The molecule has 0 saturated carbocycles. The number of benzene rings is 2. The molecular formula is C24H30FNO8. The van der Waals surface area contributed by atoms with Crippen molar-refractivity contribution in [1.82, 2.24) is 4.90 Å². The van der Waals surface area contributed by atoms with Crippen LogP contribution in [0, 0.1) is 11.7 Å². The molecule has 1 saturated heterocycles. The van der Waals surface area contributed by atoms with Crippen LogP contribution in [0.1, 0.15) is 17.9 Å². The molecule has 186 valence electrons. The highest BCUT2D eigenvalue weighted by molar-refractivity contribution is 5.83. The summed E-state index contributed by atoms with van der Waals surface area (Å²) in [4.78, 5) is 21.9. The third kappa shape index (κ3) is 7.98. The van der Waals surface area contributed by atoms with Crippen LogP contribution in [-0.2, 0) is 9.59 Å². The Hall–Kier alpha value is -3.21. The minimum atomic E-state index is -2.27. The Morgan fingerprint density at radius 2 is 1.53 bits per heavy atom. The van der Waals surface area contributed by atoms with E-state index in [-0.39, 0.29) is 5.82 Å². The maximum Gasteiger partial charge on any atom is 0.335 e. The van der Waals surface area contributed by atoms with Crippen molar-refractivity contribution in [2.45, 2.75) is 24.5 Å². The van der Waals surface area contributed by atoms with E-state index in [1.165, 1.54) is 5.56 Å². The lowest BCUT2D eigenvalue weighted by Crippen LogP contribution is -2.39. The molecule has 2 aromatic rings. The Labute approximate surface area is 197 Å². The van der Waals surface area contributed by atoms with E-state index in [4.69, 9.17) is 29.9 Å². The van der Waals surface area contributed by atoms with E-state index in [0.29, 0.717) is 18.4 Å². The smallest absolute Gasteiger partial charge is 0.335 e. The number of halogens is 1. The third-order valence-corrected chi connectivity index (χ3v) is 5.56. The van der Waals surface area contributed by atoms with Gasteiger partial charge >= 0.3 is 11.9 Å². The number of carbonyl (C=O) groups is 2. The summed E-state index contributed by atoms with van der Waals surface area (Å²) in [6.45, 7) is 2.69. The predicted octanol–water partition coefficient (Wildman–Crippen LogP) is 1.83. The van der Waals surface area contributed by atoms with Gasteiger partial charge in [0, 0.05) is 12.5 Å². The quantitative estimate of drug-likeness (QED) is 0.447. The summed E-state index contributed by atoms with van der Waals surface area (Å²) >= 11 is 0. The van der Waals surface area contributed by atoms with Crippen molar-refractivity contribution in [3.63, 3.8) is 0 Å². The molecule has 3 rings (SSSR count). The second kappa shape index (κ2) is 12.9. The number of aliphatic hydroxyl groups excluding tert-OH is 2. The molecule has 0 radical (unpaired) electrons. The summed E-state index contributed by atoms with van der Waals surface area (Å²) in [7, 11) is 3.79. The number of aliphatic hydroxyl groups is 2. The number of hydrogen-bond donors (Lipinski definition) is 4. The lowest BCUT2D eigenvalue weighted by atomic mass is 9.81. The number of carboxylic acid groups (broad SMARTS) is 2. The summed E-state index contributed by atoms with van der Waals surface area (Å²) in [5.41, 5.74) is 1.20. The minimum absolute atomic E-state index is 0.183. The highest BCUT2D eigenvalue weighted by atomic mass is 19.1. The average molecular weight is 480 g/mol. The summed E-state index contributed by atoms with van der Waals surface area (Å²) in [5, 5.41) is 32.5. The fourth-order valence-corrected chi connectivity index (χ4v) is 3.68. The Bertz CT molecular complexity index is 904. The second-order valence-corrected chi connectivity index (χ2v) is 8.02. The van der Waals surface area contributed by atoms with E-state index in [0.717, 1.165) is 31.0 Å².